The van der Waals surface area contributed by atoms with Gasteiger partial charge in [0.2, 0.25) is 0 Å². The molecule has 0 amide bonds. The van der Waals surface area contributed by atoms with Crippen LogP contribution in [0.15, 0.2) is 66.9 Å². The van der Waals surface area contributed by atoms with Gasteiger partial charge in [0, 0.05) is 30.7 Å². The maximum absolute atomic E-state index is 14.2. The number of hydrogen-bond donors (Lipinski definition) is 0. The van der Waals surface area contributed by atoms with Gasteiger partial charge in [-0.15, -0.1) is 0 Å². The van der Waals surface area contributed by atoms with E-state index in [9.17, 15) is 9.18 Å². The lowest BCUT2D eigenvalue weighted by molar-refractivity contribution is 0.0955. The Bertz CT molecular complexity index is 1470. The highest BCUT2D eigenvalue weighted by Gasteiger charge is 2.38. The summed E-state index contributed by atoms with van der Waals surface area (Å²) in [6, 6.07) is 18.6. The van der Waals surface area contributed by atoms with Crippen LogP contribution in [-0.2, 0) is 17.5 Å². The predicted octanol–water partition coefficient (Wildman–Crippen LogP) is 8.30. The maximum atomic E-state index is 14.2. The summed E-state index contributed by atoms with van der Waals surface area (Å²) < 4.78 is 28.8. The first-order valence-corrected chi connectivity index (χ1v) is 16.9. The molecule has 4 rings (SSSR count). The van der Waals surface area contributed by atoms with E-state index in [1.54, 1.807) is 18.2 Å². The summed E-state index contributed by atoms with van der Waals surface area (Å²) in [7, 11) is -2.01. The fourth-order valence-corrected chi connectivity index (χ4v) is 5.58. The Labute approximate surface area is 238 Å². The maximum Gasteiger partial charge on any atom is 0.192 e. The van der Waals surface area contributed by atoms with Crippen LogP contribution < -0.4 is 4.74 Å². The molecule has 2 aromatic heterocycles. The smallest absolute Gasteiger partial charge is 0.192 e. The van der Waals surface area contributed by atoms with Gasteiger partial charge in [-0.3, -0.25) is 9.20 Å². The second-order valence-corrected chi connectivity index (χ2v) is 16.8. The second-order valence-electron chi connectivity index (χ2n) is 12.0. The van der Waals surface area contributed by atoms with Crippen molar-refractivity contribution in [2.75, 3.05) is 6.61 Å². The van der Waals surface area contributed by atoms with Crippen molar-refractivity contribution in [3.05, 3.63) is 101 Å². The molecular formula is C33H41FN2O3Si. The van der Waals surface area contributed by atoms with E-state index in [1.165, 1.54) is 6.07 Å². The van der Waals surface area contributed by atoms with Gasteiger partial charge in [0.15, 0.2) is 25.5 Å². The Hall–Kier alpha value is -3.29. The number of aromatic nitrogens is 2. The van der Waals surface area contributed by atoms with E-state index in [-0.39, 0.29) is 29.2 Å². The predicted molar refractivity (Wildman–Crippen MR) is 161 cm³/mol. The summed E-state index contributed by atoms with van der Waals surface area (Å²) in [6.07, 6.45) is 3.01. The van der Waals surface area contributed by atoms with Crippen molar-refractivity contribution in [3.63, 3.8) is 0 Å². The van der Waals surface area contributed by atoms with Crippen LogP contribution in [0.4, 0.5) is 4.39 Å². The topological polar surface area (TPSA) is 52.8 Å². The fourth-order valence-electron chi connectivity index (χ4n) is 4.53. The molecule has 2 aromatic carbocycles. The molecule has 0 radical (unpaired) electrons. The summed E-state index contributed by atoms with van der Waals surface area (Å²) in [5.74, 6) is 0.142. The first-order valence-electron chi connectivity index (χ1n) is 14.0. The zero-order valence-electron chi connectivity index (χ0n) is 24.8. The van der Waals surface area contributed by atoms with Gasteiger partial charge < -0.3 is 9.16 Å². The standard InChI is InChI=1S/C33H41FN2O3Si/c1-8-24-18-30(38-21-26-16-12-13-17-28(26)34)32-35-23(2)31(36(32)20-24)29(37)19-27(25-14-10-9-11-15-25)22-39-40(6,7)33(3,4)5/h9-18,20,27H,8,19,21-22H2,1-7H3/t27-/m0/s1. The number of carbonyl (C=O) groups is 1. The summed E-state index contributed by atoms with van der Waals surface area (Å²) in [5, 5.41) is 0.0755. The number of imidazole rings is 1. The zero-order valence-corrected chi connectivity index (χ0v) is 25.8. The van der Waals surface area contributed by atoms with E-state index in [4.69, 9.17) is 14.1 Å². The average Bonchev–Trinajstić information content (AvgIpc) is 3.25. The number of fused-ring (bicyclic) bond motifs is 1. The SMILES string of the molecule is CCc1cc(OCc2ccccc2F)c2nc(C)c(C(=O)C[C@@H](CO[Si](C)(C)C(C)(C)C)c3ccccc3)n2c1. The number of pyridine rings is 1. The van der Waals surface area contributed by atoms with Crippen molar-refractivity contribution in [2.24, 2.45) is 0 Å². The molecule has 0 aliphatic heterocycles. The van der Waals surface area contributed by atoms with Gasteiger partial charge in [0.05, 0.1) is 5.69 Å². The summed E-state index contributed by atoms with van der Waals surface area (Å²) >= 11 is 0. The minimum Gasteiger partial charge on any atom is -0.485 e. The van der Waals surface area contributed by atoms with Crippen molar-refractivity contribution in [2.45, 2.75) is 78.1 Å². The minimum absolute atomic E-state index is 0.00555. The molecule has 0 N–H and O–H groups in total. The zero-order chi connectivity index (χ0) is 29.1. The molecule has 0 spiro atoms. The Kier molecular flexibility index (Phi) is 8.95. The lowest BCUT2D eigenvalue weighted by atomic mass is 9.93. The molecule has 0 saturated carbocycles. The average molecular weight is 561 g/mol. The van der Waals surface area contributed by atoms with Crippen LogP contribution in [0.2, 0.25) is 18.1 Å². The van der Waals surface area contributed by atoms with Gasteiger partial charge in [-0.05, 0) is 54.7 Å². The Morgan fingerprint density at radius 3 is 2.40 bits per heavy atom. The lowest BCUT2D eigenvalue weighted by Crippen LogP contribution is -2.41. The summed E-state index contributed by atoms with van der Waals surface area (Å²) in [4.78, 5) is 18.7. The van der Waals surface area contributed by atoms with Crippen molar-refractivity contribution < 1.29 is 18.3 Å². The first kappa shape index (κ1) is 29.7. The third-order valence-electron chi connectivity index (χ3n) is 8.08. The van der Waals surface area contributed by atoms with E-state index in [0.717, 1.165) is 17.5 Å². The number of ether oxygens (including phenoxy) is 1. The number of ketones is 1. The molecule has 40 heavy (non-hydrogen) atoms. The van der Waals surface area contributed by atoms with E-state index < -0.39 is 8.32 Å². The van der Waals surface area contributed by atoms with Crippen LogP contribution in [0.25, 0.3) is 5.65 Å². The number of hydrogen-bond acceptors (Lipinski definition) is 4. The number of nitrogens with zero attached hydrogens (tertiary/aromatic N) is 2. The van der Waals surface area contributed by atoms with Crippen molar-refractivity contribution >= 4 is 19.7 Å². The first-order chi connectivity index (χ1) is 18.9. The molecule has 0 saturated heterocycles. The largest absolute Gasteiger partial charge is 0.485 e. The third kappa shape index (κ3) is 6.53. The Morgan fingerprint density at radius 1 is 1.07 bits per heavy atom. The third-order valence-corrected chi connectivity index (χ3v) is 12.6. The highest BCUT2D eigenvalue weighted by Crippen LogP contribution is 2.38. The highest BCUT2D eigenvalue weighted by atomic mass is 28.4. The molecule has 1 atom stereocenters. The minimum atomic E-state index is -2.01. The second kappa shape index (κ2) is 12.1. The number of carbonyl (C=O) groups excluding carboxylic acids is 1. The van der Waals surface area contributed by atoms with Gasteiger partial charge in [-0.2, -0.15) is 0 Å². The number of halogens is 1. The van der Waals surface area contributed by atoms with E-state index in [0.29, 0.717) is 41.4 Å². The summed E-state index contributed by atoms with van der Waals surface area (Å²) in [6.45, 7) is 15.6. The van der Waals surface area contributed by atoms with Crippen LogP contribution in [0.3, 0.4) is 0 Å². The Balaban J connectivity index is 1.66. The molecular weight excluding hydrogens is 519 g/mol. The number of benzene rings is 2. The number of rotatable bonds is 11. The van der Waals surface area contributed by atoms with Crippen LogP contribution in [0.5, 0.6) is 5.75 Å². The van der Waals surface area contributed by atoms with Crippen LogP contribution in [-0.4, -0.2) is 30.1 Å². The van der Waals surface area contributed by atoms with Gasteiger partial charge in [-0.1, -0.05) is 76.2 Å². The van der Waals surface area contributed by atoms with Crippen molar-refractivity contribution in [3.8, 4) is 5.75 Å². The van der Waals surface area contributed by atoms with Gasteiger partial charge in [-0.25, -0.2) is 9.37 Å². The van der Waals surface area contributed by atoms with E-state index in [1.807, 2.05) is 41.8 Å². The van der Waals surface area contributed by atoms with Crippen molar-refractivity contribution in [1.82, 2.24) is 9.38 Å². The number of Topliss-reactive ketones (excluding diaryl/α,β-unsaturated/α-hetero) is 1. The van der Waals surface area contributed by atoms with Crippen molar-refractivity contribution in [1.29, 1.82) is 0 Å². The van der Waals surface area contributed by atoms with Crippen LogP contribution in [0, 0.1) is 12.7 Å². The molecule has 7 heteroatoms. The van der Waals surface area contributed by atoms with E-state index >= 15 is 0 Å². The fraction of sp³-hybridized carbons (Fsp3) is 0.394. The molecule has 0 aliphatic rings. The van der Waals surface area contributed by atoms with Gasteiger partial charge >= 0.3 is 0 Å². The van der Waals surface area contributed by atoms with Gasteiger partial charge in [0.1, 0.15) is 18.1 Å². The van der Waals surface area contributed by atoms with Gasteiger partial charge in [0.25, 0.3) is 0 Å². The molecule has 2 heterocycles. The molecule has 0 unspecified atom stereocenters. The number of aryl methyl sites for hydroxylation is 2. The molecule has 5 nitrogen and oxygen atoms in total. The van der Waals surface area contributed by atoms with E-state index in [2.05, 4.69) is 52.9 Å². The molecule has 0 fully saturated rings. The Morgan fingerprint density at radius 2 is 1.75 bits per heavy atom. The molecule has 212 valence electrons. The molecule has 4 aromatic rings. The molecule has 0 bridgehead atoms. The van der Waals surface area contributed by atoms with Crippen LogP contribution >= 0.6 is 0 Å². The quantitative estimate of drug-likeness (QED) is 0.137. The highest BCUT2D eigenvalue weighted by molar-refractivity contribution is 6.74. The normalized spacial score (nSPS) is 13.0. The summed E-state index contributed by atoms with van der Waals surface area (Å²) in [5.41, 5.74) is 4.31. The lowest BCUT2D eigenvalue weighted by Gasteiger charge is -2.37. The molecule has 0 aliphatic carbocycles. The monoisotopic (exact) mass is 560 g/mol. The van der Waals surface area contributed by atoms with Crippen LogP contribution in [0.1, 0.15) is 72.9 Å².